The Morgan fingerprint density at radius 1 is 1.15 bits per heavy atom. The first-order valence-corrected chi connectivity index (χ1v) is 11.2. The molecule has 0 heterocycles. The highest BCUT2D eigenvalue weighted by molar-refractivity contribution is 7.98. The number of carbonyl (C=O) groups excluding carboxylic acids is 1. The number of sulfonamides is 1. The van der Waals surface area contributed by atoms with Gasteiger partial charge in [0, 0.05) is 17.4 Å². The second-order valence-electron chi connectivity index (χ2n) is 6.28. The zero-order valence-electron chi connectivity index (χ0n) is 15.5. The van der Waals surface area contributed by atoms with Crippen LogP contribution in [0.2, 0.25) is 0 Å². The molecule has 2 N–H and O–H groups in total. The Kier molecular flexibility index (Phi) is 7.41. The van der Waals surface area contributed by atoms with Gasteiger partial charge in [0.1, 0.15) is 5.82 Å². The molecule has 0 saturated carbocycles. The van der Waals surface area contributed by atoms with E-state index < -0.39 is 10.0 Å². The van der Waals surface area contributed by atoms with Crippen LogP contribution in [0.25, 0.3) is 0 Å². The number of nitrogens with one attached hydrogen (secondary N) is 2. The fraction of sp³-hybridized carbons (Fsp3) is 0.316. The molecule has 2 rings (SSSR count). The molecule has 0 aromatic heterocycles. The molecule has 0 aliphatic heterocycles. The molecule has 0 saturated heterocycles. The van der Waals surface area contributed by atoms with Gasteiger partial charge in [0.25, 0.3) is 0 Å². The van der Waals surface area contributed by atoms with E-state index >= 15 is 0 Å². The minimum atomic E-state index is -3.73. The van der Waals surface area contributed by atoms with Crippen LogP contribution in [0.15, 0.2) is 52.3 Å². The Hall–Kier alpha value is -1.90. The third kappa shape index (κ3) is 6.05. The fourth-order valence-corrected chi connectivity index (χ4v) is 3.88. The number of carbonyl (C=O) groups is 1. The summed E-state index contributed by atoms with van der Waals surface area (Å²) in [4.78, 5) is 12.9. The van der Waals surface area contributed by atoms with Crippen LogP contribution >= 0.6 is 11.8 Å². The number of rotatable bonds is 8. The molecular formula is C19H23FN2O3S2. The molecule has 0 fully saturated rings. The van der Waals surface area contributed by atoms with E-state index in [-0.39, 0.29) is 29.1 Å². The third-order valence-corrected chi connectivity index (χ3v) is 6.14. The Morgan fingerprint density at radius 2 is 1.81 bits per heavy atom. The van der Waals surface area contributed by atoms with E-state index in [1.807, 2.05) is 6.26 Å². The summed E-state index contributed by atoms with van der Waals surface area (Å²) < 4.78 is 40.6. The van der Waals surface area contributed by atoms with E-state index in [0.29, 0.717) is 12.1 Å². The van der Waals surface area contributed by atoms with Crippen molar-refractivity contribution in [1.82, 2.24) is 4.72 Å². The molecule has 146 valence electrons. The van der Waals surface area contributed by atoms with E-state index in [4.69, 9.17) is 0 Å². The van der Waals surface area contributed by atoms with Crippen molar-refractivity contribution in [2.24, 2.45) is 5.92 Å². The normalized spacial score (nSPS) is 11.6. The van der Waals surface area contributed by atoms with E-state index in [1.54, 1.807) is 32.0 Å². The van der Waals surface area contributed by atoms with Crippen LogP contribution in [-0.4, -0.2) is 27.1 Å². The number of thioether (sulfide) groups is 1. The van der Waals surface area contributed by atoms with Crippen molar-refractivity contribution in [3.8, 4) is 0 Å². The number of benzene rings is 2. The summed E-state index contributed by atoms with van der Waals surface area (Å²) in [5.41, 5.74) is 1.31. The third-order valence-electron chi connectivity index (χ3n) is 3.88. The standard InChI is InChI=1S/C19H23FN2O3S2/c1-13(2)19(23)22-17-12-16(8-9-18(17)26-3)27(24,25)21-11-10-14-4-6-15(20)7-5-14/h4-9,12-13,21H,10-11H2,1-3H3,(H,22,23). The molecular weight excluding hydrogens is 387 g/mol. The maximum absolute atomic E-state index is 12.9. The smallest absolute Gasteiger partial charge is 0.240 e. The molecule has 2 aromatic carbocycles. The zero-order valence-corrected chi connectivity index (χ0v) is 17.1. The molecule has 1 amide bonds. The Balaban J connectivity index is 2.12. The van der Waals surface area contributed by atoms with Gasteiger partial charge in [-0.3, -0.25) is 4.79 Å². The quantitative estimate of drug-likeness (QED) is 0.651. The van der Waals surface area contributed by atoms with Gasteiger partial charge in [-0.05, 0) is 48.6 Å². The molecule has 0 bridgehead atoms. The molecule has 8 heteroatoms. The second-order valence-corrected chi connectivity index (χ2v) is 8.90. The van der Waals surface area contributed by atoms with E-state index in [0.717, 1.165) is 10.5 Å². The minimum Gasteiger partial charge on any atom is -0.325 e. The van der Waals surface area contributed by atoms with Crippen molar-refractivity contribution in [3.05, 3.63) is 53.8 Å². The second kappa shape index (κ2) is 9.34. The van der Waals surface area contributed by atoms with Crippen LogP contribution in [-0.2, 0) is 21.2 Å². The highest BCUT2D eigenvalue weighted by Gasteiger charge is 2.17. The first-order valence-electron chi connectivity index (χ1n) is 8.46. The van der Waals surface area contributed by atoms with E-state index in [9.17, 15) is 17.6 Å². The van der Waals surface area contributed by atoms with Crippen molar-refractivity contribution in [2.45, 2.75) is 30.1 Å². The first-order chi connectivity index (χ1) is 12.7. The fourth-order valence-electron chi connectivity index (χ4n) is 2.29. The monoisotopic (exact) mass is 410 g/mol. The van der Waals surface area contributed by atoms with Crippen LogP contribution < -0.4 is 10.0 Å². The van der Waals surface area contributed by atoms with Crippen molar-refractivity contribution in [1.29, 1.82) is 0 Å². The molecule has 27 heavy (non-hydrogen) atoms. The zero-order chi connectivity index (χ0) is 20.0. The number of halogens is 1. The lowest BCUT2D eigenvalue weighted by Crippen LogP contribution is -2.26. The number of amides is 1. The first kappa shape index (κ1) is 21.4. The van der Waals surface area contributed by atoms with Crippen molar-refractivity contribution in [3.63, 3.8) is 0 Å². The summed E-state index contributed by atoms with van der Waals surface area (Å²) in [5, 5.41) is 2.77. The lowest BCUT2D eigenvalue weighted by atomic mass is 10.1. The summed E-state index contributed by atoms with van der Waals surface area (Å²) in [6.45, 7) is 3.73. The highest BCUT2D eigenvalue weighted by atomic mass is 32.2. The average molecular weight is 411 g/mol. The van der Waals surface area contributed by atoms with Gasteiger partial charge in [-0.1, -0.05) is 26.0 Å². The van der Waals surface area contributed by atoms with Gasteiger partial charge in [-0.2, -0.15) is 0 Å². The van der Waals surface area contributed by atoms with Crippen LogP contribution in [0.4, 0.5) is 10.1 Å². The van der Waals surface area contributed by atoms with Gasteiger partial charge < -0.3 is 5.32 Å². The van der Waals surface area contributed by atoms with Crippen LogP contribution in [0, 0.1) is 11.7 Å². The predicted molar refractivity (Wildman–Crippen MR) is 107 cm³/mol. The molecule has 0 atom stereocenters. The molecule has 0 radical (unpaired) electrons. The van der Waals surface area contributed by atoms with E-state index in [1.165, 1.54) is 36.0 Å². The lowest BCUT2D eigenvalue weighted by Gasteiger charge is -2.14. The predicted octanol–water partition coefficient (Wildman–Crippen LogP) is 3.66. The summed E-state index contributed by atoms with van der Waals surface area (Å²) in [6, 6.07) is 10.6. The summed E-state index contributed by atoms with van der Waals surface area (Å²) in [6.07, 6.45) is 2.30. The van der Waals surface area contributed by atoms with Crippen LogP contribution in [0.1, 0.15) is 19.4 Å². The van der Waals surface area contributed by atoms with Crippen molar-refractivity contribution in [2.75, 3.05) is 18.1 Å². The SMILES string of the molecule is CSc1ccc(S(=O)(=O)NCCc2ccc(F)cc2)cc1NC(=O)C(C)C. The van der Waals surface area contributed by atoms with Crippen LogP contribution in [0.5, 0.6) is 0 Å². The van der Waals surface area contributed by atoms with Gasteiger partial charge >= 0.3 is 0 Å². The maximum Gasteiger partial charge on any atom is 0.240 e. The number of anilines is 1. The highest BCUT2D eigenvalue weighted by Crippen LogP contribution is 2.28. The maximum atomic E-state index is 12.9. The van der Waals surface area contributed by atoms with Gasteiger partial charge in [0.2, 0.25) is 15.9 Å². The Morgan fingerprint density at radius 3 is 2.41 bits per heavy atom. The van der Waals surface area contributed by atoms with Gasteiger partial charge in [0.15, 0.2) is 0 Å². The lowest BCUT2D eigenvalue weighted by molar-refractivity contribution is -0.118. The summed E-state index contributed by atoms with van der Waals surface area (Å²) >= 11 is 1.42. The summed E-state index contributed by atoms with van der Waals surface area (Å²) in [7, 11) is -3.73. The van der Waals surface area contributed by atoms with Crippen LogP contribution in [0.3, 0.4) is 0 Å². The molecule has 0 spiro atoms. The molecule has 5 nitrogen and oxygen atoms in total. The molecule has 0 aliphatic carbocycles. The average Bonchev–Trinajstić information content (AvgIpc) is 2.63. The van der Waals surface area contributed by atoms with Gasteiger partial charge in [0.05, 0.1) is 10.6 Å². The van der Waals surface area contributed by atoms with E-state index in [2.05, 4.69) is 10.0 Å². The molecule has 0 unspecified atom stereocenters. The molecule has 2 aromatic rings. The number of hydrogen-bond acceptors (Lipinski definition) is 4. The largest absolute Gasteiger partial charge is 0.325 e. The Labute approximate surface area is 163 Å². The number of hydrogen-bond donors (Lipinski definition) is 2. The van der Waals surface area contributed by atoms with Gasteiger partial charge in [-0.15, -0.1) is 11.8 Å². The summed E-state index contributed by atoms with van der Waals surface area (Å²) in [5.74, 6) is -0.720. The van der Waals surface area contributed by atoms with Crippen molar-refractivity contribution >= 4 is 33.4 Å². The van der Waals surface area contributed by atoms with Crippen molar-refractivity contribution < 1.29 is 17.6 Å². The topological polar surface area (TPSA) is 75.3 Å². The Bertz CT molecular complexity index is 898. The van der Waals surface area contributed by atoms with Gasteiger partial charge in [-0.25, -0.2) is 17.5 Å². The minimum absolute atomic E-state index is 0.0819. The molecule has 0 aliphatic rings.